The summed E-state index contributed by atoms with van der Waals surface area (Å²) in [4.78, 5) is 10.8. The summed E-state index contributed by atoms with van der Waals surface area (Å²) in [6, 6.07) is 0. The molecule has 1 aliphatic heterocycles. The van der Waals surface area contributed by atoms with E-state index >= 15 is 0 Å². The highest BCUT2D eigenvalue weighted by Crippen LogP contribution is 2.33. The molecule has 0 amide bonds. The molecule has 2 aromatic rings. The van der Waals surface area contributed by atoms with E-state index in [9.17, 15) is 0 Å². The number of rotatable bonds is 3. The average Bonchev–Trinajstić information content (AvgIpc) is 2.73. The highest BCUT2D eigenvalue weighted by atomic mass is 32.1. The monoisotopic (exact) mass is 293 g/mol. The second kappa shape index (κ2) is 5.63. The Morgan fingerprint density at radius 3 is 3.05 bits per heavy atom. The fourth-order valence-corrected chi connectivity index (χ4v) is 3.39. The van der Waals surface area contributed by atoms with Crippen LogP contribution in [-0.4, -0.2) is 41.9 Å². The van der Waals surface area contributed by atoms with Gasteiger partial charge < -0.3 is 14.8 Å². The summed E-state index contributed by atoms with van der Waals surface area (Å²) in [7, 11) is 0. The van der Waals surface area contributed by atoms with Crippen molar-refractivity contribution in [2.24, 2.45) is 0 Å². The Labute approximate surface area is 122 Å². The molecule has 1 N–H and O–H groups in total. The SMILES string of the molecule is Cc1sc2ncnc(OCC3CNCC(C)O3)c2c1C. The van der Waals surface area contributed by atoms with Crippen molar-refractivity contribution in [1.29, 1.82) is 0 Å². The lowest BCUT2D eigenvalue weighted by molar-refractivity contribution is -0.0474. The van der Waals surface area contributed by atoms with Gasteiger partial charge >= 0.3 is 0 Å². The predicted molar refractivity (Wildman–Crippen MR) is 79.6 cm³/mol. The third-order valence-corrected chi connectivity index (χ3v) is 4.68. The first-order chi connectivity index (χ1) is 9.65. The standard InChI is InChI=1S/C14H19N3O2S/c1-8-4-15-5-11(19-8)6-18-13-12-9(2)10(3)20-14(12)17-7-16-13/h7-8,11,15H,4-6H2,1-3H3. The van der Waals surface area contributed by atoms with E-state index in [1.54, 1.807) is 17.7 Å². The Morgan fingerprint density at radius 1 is 1.40 bits per heavy atom. The van der Waals surface area contributed by atoms with Crippen molar-refractivity contribution in [3.63, 3.8) is 0 Å². The van der Waals surface area contributed by atoms with Gasteiger partial charge in [0.05, 0.1) is 11.5 Å². The fraction of sp³-hybridized carbons (Fsp3) is 0.571. The minimum atomic E-state index is 0.0730. The largest absolute Gasteiger partial charge is 0.474 e. The number of morpholine rings is 1. The van der Waals surface area contributed by atoms with Crippen molar-refractivity contribution < 1.29 is 9.47 Å². The number of nitrogens with one attached hydrogen (secondary N) is 1. The van der Waals surface area contributed by atoms with Gasteiger partial charge in [-0.1, -0.05) is 0 Å². The van der Waals surface area contributed by atoms with Crippen molar-refractivity contribution in [2.75, 3.05) is 19.7 Å². The molecule has 5 nitrogen and oxygen atoms in total. The maximum absolute atomic E-state index is 5.89. The van der Waals surface area contributed by atoms with Crippen LogP contribution in [0.5, 0.6) is 5.88 Å². The van der Waals surface area contributed by atoms with Gasteiger partial charge in [0.25, 0.3) is 0 Å². The average molecular weight is 293 g/mol. The highest BCUT2D eigenvalue weighted by molar-refractivity contribution is 7.18. The Bertz CT molecular complexity index is 614. The number of nitrogens with zero attached hydrogens (tertiary/aromatic N) is 2. The van der Waals surface area contributed by atoms with Gasteiger partial charge in [-0.3, -0.25) is 0 Å². The predicted octanol–water partition coefficient (Wildman–Crippen LogP) is 2.06. The van der Waals surface area contributed by atoms with Crippen LogP contribution < -0.4 is 10.1 Å². The van der Waals surface area contributed by atoms with Crippen LogP contribution in [0.1, 0.15) is 17.4 Å². The van der Waals surface area contributed by atoms with E-state index in [0.29, 0.717) is 12.5 Å². The molecule has 2 unspecified atom stereocenters. The molecule has 3 heterocycles. The van der Waals surface area contributed by atoms with Crippen molar-refractivity contribution in [3.05, 3.63) is 16.8 Å². The number of ether oxygens (including phenoxy) is 2. The third-order valence-electron chi connectivity index (χ3n) is 3.57. The van der Waals surface area contributed by atoms with Crippen molar-refractivity contribution >= 4 is 21.6 Å². The first kappa shape index (κ1) is 13.7. The molecule has 0 aromatic carbocycles. The van der Waals surface area contributed by atoms with Crippen molar-refractivity contribution in [3.8, 4) is 5.88 Å². The Morgan fingerprint density at radius 2 is 2.25 bits per heavy atom. The van der Waals surface area contributed by atoms with E-state index in [4.69, 9.17) is 9.47 Å². The molecule has 6 heteroatoms. The number of hydrogen-bond acceptors (Lipinski definition) is 6. The van der Waals surface area contributed by atoms with Gasteiger partial charge in [-0.05, 0) is 26.3 Å². The molecule has 2 aromatic heterocycles. The summed E-state index contributed by atoms with van der Waals surface area (Å²) in [5.41, 5.74) is 1.21. The van der Waals surface area contributed by atoms with Gasteiger partial charge in [0, 0.05) is 18.0 Å². The normalized spacial score (nSPS) is 23.1. The van der Waals surface area contributed by atoms with Crippen LogP contribution in [0.2, 0.25) is 0 Å². The van der Waals surface area contributed by atoms with Crippen LogP contribution in [0.25, 0.3) is 10.2 Å². The van der Waals surface area contributed by atoms with Crippen LogP contribution >= 0.6 is 11.3 Å². The third kappa shape index (κ3) is 2.63. The highest BCUT2D eigenvalue weighted by Gasteiger charge is 2.20. The zero-order chi connectivity index (χ0) is 14.1. The Balaban J connectivity index is 1.77. The van der Waals surface area contributed by atoms with Gasteiger partial charge in [-0.25, -0.2) is 9.97 Å². The van der Waals surface area contributed by atoms with Crippen LogP contribution in [0.15, 0.2) is 6.33 Å². The van der Waals surface area contributed by atoms with Crippen LogP contribution in [0, 0.1) is 13.8 Å². The number of thiophene rings is 1. The first-order valence-electron chi connectivity index (χ1n) is 6.85. The lowest BCUT2D eigenvalue weighted by Crippen LogP contribution is -2.45. The van der Waals surface area contributed by atoms with Gasteiger partial charge in [-0.2, -0.15) is 0 Å². The summed E-state index contributed by atoms with van der Waals surface area (Å²) >= 11 is 1.68. The molecule has 0 radical (unpaired) electrons. The molecule has 20 heavy (non-hydrogen) atoms. The Kier molecular flexibility index (Phi) is 3.87. The summed E-state index contributed by atoms with van der Waals surface area (Å²) in [5.74, 6) is 0.665. The van der Waals surface area contributed by atoms with Gasteiger partial charge in [0.2, 0.25) is 5.88 Å². The molecular formula is C14H19N3O2S. The molecular weight excluding hydrogens is 274 g/mol. The molecule has 0 spiro atoms. The van der Waals surface area contributed by atoms with Crippen molar-refractivity contribution in [2.45, 2.75) is 33.0 Å². The summed E-state index contributed by atoms with van der Waals surface area (Å²) in [6.45, 7) is 8.48. The maximum Gasteiger partial charge on any atom is 0.225 e. The fourth-order valence-electron chi connectivity index (χ4n) is 2.40. The van der Waals surface area contributed by atoms with Gasteiger partial charge in [-0.15, -0.1) is 11.3 Å². The lowest BCUT2D eigenvalue weighted by atomic mass is 10.2. The number of hydrogen-bond donors (Lipinski definition) is 1. The Hall–Kier alpha value is -1.24. The number of fused-ring (bicyclic) bond motifs is 1. The lowest BCUT2D eigenvalue weighted by Gasteiger charge is -2.28. The van der Waals surface area contributed by atoms with E-state index in [1.165, 1.54) is 10.4 Å². The molecule has 1 saturated heterocycles. The van der Waals surface area contributed by atoms with E-state index < -0.39 is 0 Å². The zero-order valence-corrected chi connectivity index (χ0v) is 12.8. The minimum Gasteiger partial charge on any atom is -0.474 e. The quantitative estimate of drug-likeness (QED) is 0.939. The number of aromatic nitrogens is 2. The van der Waals surface area contributed by atoms with Gasteiger partial charge in [0.1, 0.15) is 23.9 Å². The summed E-state index contributed by atoms with van der Waals surface area (Å²) in [6.07, 6.45) is 1.87. The first-order valence-corrected chi connectivity index (χ1v) is 7.66. The van der Waals surface area contributed by atoms with E-state index in [-0.39, 0.29) is 12.2 Å². The van der Waals surface area contributed by atoms with Crippen LogP contribution in [0.3, 0.4) is 0 Å². The number of aryl methyl sites for hydroxylation is 2. The van der Waals surface area contributed by atoms with Crippen LogP contribution in [0.4, 0.5) is 0 Å². The molecule has 3 rings (SSSR count). The maximum atomic E-state index is 5.89. The second-order valence-corrected chi connectivity index (χ2v) is 6.38. The van der Waals surface area contributed by atoms with Crippen molar-refractivity contribution in [1.82, 2.24) is 15.3 Å². The molecule has 108 valence electrons. The van der Waals surface area contributed by atoms with E-state index in [0.717, 1.165) is 23.3 Å². The molecule has 1 fully saturated rings. The molecule has 0 bridgehead atoms. The molecule has 2 atom stereocenters. The summed E-state index contributed by atoms with van der Waals surface area (Å²) < 4.78 is 11.7. The van der Waals surface area contributed by atoms with E-state index in [2.05, 4.69) is 36.1 Å². The zero-order valence-electron chi connectivity index (χ0n) is 12.0. The molecule has 0 saturated carbocycles. The minimum absolute atomic E-state index is 0.0730. The molecule has 1 aliphatic rings. The van der Waals surface area contributed by atoms with Gasteiger partial charge in [0.15, 0.2) is 0 Å². The van der Waals surface area contributed by atoms with Crippen LogP contribution in [-0.2, 0) is 4.74 Å². The topological polar surface area (TPSA) is 56.3 Å². The second-order valence-electron chi connectivity index (χ2n) is 5.18. The summed E-state index contributed by atoms with van der Waals surface area (Å²) in [5, 5.41) is 4.37. The smallest absolute Gasteiger partial charge is 0.225 e. The molecule has 0 aliphatic carbocycles. The van der Waals surface area contributed by atoms with E-state index in [1.807, 2.05) is 0 Å².